The van der Waals surface area contributed by atoms with Gasteiger partial charge in [0.1, 0.15) is 17.9 Å². The van der Waals surface area contributed by atoms with Gasteiger partial charge in [-0.05, 0) is 49.3 Å². The standard InChI is InChI=1S/C35H44N6O9S/c1-23-16-31(50-37)32-33(36)39-20-29(40-32)25-6-8-28(9-7-25)51(44,45)41(35(2,3)34(42)43)10-11-46-12-13-47-14-15-49-30-17-26(23)4-5-27(30)19-38-18-24-21-48-22-24/h4-9,16-17,20,24,38H,1,10-15,18-19,21-22,37H2,2-3H3,(H2,36,39)(H,42,43)/b31-16-. The van der Waals surface area contributed by atoms with Gasteiger partial charge in [-0.25, -0.2) is 18.4 Å². The molecule has 16 heteroatoms. The summed E-state index contributed by atoms with van der Waals surface area (Å²) >= 11 is 0. The summed E-state index contributed by atoms with van der Waals surface area (Å²) < 4.78 is 51.3. The molecule has 1 aromatic heterocycles. The third-order valence-corrected chi connectivity index (χ3v) is 10.6. The third kappa shape index (κ3) is 9.09. The van der Waals surface area contributed by atoms with Crippen LogP contribution in [0.2, 0.25) is 0 Å². The Hall–Kier alpha value is -4.42. The smallest absolute Gasteiger partial charge is 0.324 e. The van der Waals surface area contributed by atoms with E-state index in [-0.39, 0.29) is 61.7 Å². The Kier molecular flexibility index (Phi) is 12.4. The highest BCUT2D eigenvalue weighted by molar-refractivity contribution is 7.89. The van der Waals surface area contributed by atoms with Crippen LogP contribution in [0.15, 0.2) is 66.2 Å². The van der Waals surface area contributed by atoms with Crippen molar-refractivity contribution in [3.8, 4) is 17.0 Å². The molecule has 2 aromatic carbocycles. The predicted molar refractivity (Wildman–Crippen MR) is 189 cm³/mol. The molecule has 4 heterocycles. The summed E-state index contributed by atoms with van der Waals surface area (Å²) in [6, 6.07) is 11.6. The van der Waals surface area contributed by atoms with Gasteiger partial charge in [0.15, 0.2) is 17.3 Å². The molecular weight excluding hydrogens is 680 g/mol. The minimum atomic E-state index is -4.28. The Morgan fingerprint density at radius 2 is 1.75 bits per heavy atom. The summed E-state index contributed by atoms with van der Waals surface area (Å²) in [6.45, 7) is 10.3. The van der Waals surface area contributed by atoms with Crippen molar-refractivity contribution in [3.63, 3.8) is 0 Å². The number of rotatable bonds is 7. The predicted octanol–water partition coefficient (Wildman–Crippen LogP) is 2.69. The number of allylic oxidation sites excluding steroid dienone is 2. The van der Waals surface area contributed by atoms with Crippen molar-refractivity contribution in [2.24, 2.45) is 11.8 Å². The first-order valence-corrected chi connectivity index (χ1v) is 17.8. The number of benzene rings is 2. The molecule has 0 amide bonds. The molecule has 274 valence electrons. The molecule has 3 aromatic rings. The van der Waals surface area contributed by atoms with E-state index in [1.165, 1.54) is 32.2 Å². The molecular formula is C35H44N6O9S. The molecule has 0 spiro atoms. The monoisotopic (exact) mass is 724 g/mol. The maximum absolute atomic E-state index is 13.8. The molecule has 6 N–H and O–H groups in total. The zero-order valence-corrected chi connectivity index (χ0v) is 29.5. The van der Waals surface area contributed by atoms with Gasteiger partial charge in [-0.2, -0.15) is 10.2 Å². The van der Waals surface area contributed by atoms with E-state index >= 15 is 0 Å². The first kappa shape index (κ1) is 37.8. The van der Waals surface area contributed by atoms with E-state index in [1.807, 2.05) is 18.2 Å². The van der Waals surface area contributed by atoms with Gasteiger partial charge in [0.05, 0.1) is 56.4 Å². The fourth-order valence-electron chi connectivity index (χ4n) is 5.38. The van der Waals surface area contributed by atoms with Crippen molar-refractivity contribution in [3.05, 3.63) is 78.1 Å². The SMILES string of the molecule is C=C1/C=C(\ON)c2nc(cnc2N)-c2ccc(cc2)S(=O)(=O)N(C(C)(C)C(=O)O)CCOCCOCCOc2cc1ccc2CNCC1COC1. The van der Waals surface area contributed by atoms with Crippen molar-refractivity contribution < 1.29 is 42.1 Å². The summed E-state index contributed by atoms with van der Waals surface area (Å²) in [6.07, 6.45) is 3.03. The Labute approximate surface area is 297 Å². The number of anilines is 1. The molecule has 0 atom stereocenters. The number of aliphatic carboxylic acids is 1. The second kappa shape index (κ2) is 16.7. The van der Waals surface area contributed by atoms with Gasteiger partial charge >= 0.3 is 5.97 Å². The maximum atomic E-state index is 13.8. The lowest BCUT2D eigenvalue weighted by Gasteiger charge is -2.34. The van der Waals surface area contributed by atoms with Gasteiger partial charge in [0.2, 0.25) is 10.0 Å². The van der Waals surface area contributed by atoms with Gasteiger partial charge < -0.3 is 39.9 Å². The molecule has 3 aliphatic heterocycles. The summed E-state index contributed by atoms with van der Waals surface area (Å²) in [4.78, 5) is 26.2. The van der Waals surface area contributed by atoms with Gasteiger partial charge in [-0.1, -0.05) is 30.8 Å². The number of hydrogen-bond donors (Lipinski definition) is 4. The Morgan fingerprint density at radius 3 is 2.41 bits per heavy atom. The molecule has 15 nitrogen and oxygen atoms in total. The summed E-state index contributed by atoms with van der Waals surface area (Å²) in [7, 11) is -4.28. The fraction of sp³-hybridized carbons (Fsp3) is 0.400. The lowest BCUT2D eigenvalue weighted by molar-refractivity contribution is -0.146. The van der Waals surface area contributed by atoms with E-state index in [4.69, 9.17) is 35.4 Å². The molecule has 0 aliphatic carbocycles. The number of sulfonamides is 1. The summed E-state index contributed by atoms with van der Waals surface area (Å²) in [5.41, 5.74) is 7.64. The van der Waals surface area contributed by atoms with E-state index < -0.39 is 21.5 Å². The average Bonchev–Trinajstić information content (AvgIpc) is 3.09. The van der Waals surface area contributed by atoms with Crippen LogP contribution in [0.1, 0.15) is 30.7 Å². The number of fused-ring (bicyclic) bond motifs is 13. The first-order valence-electron chi connectivity index (χ1n) is 16.4. The fourth-order valence-corrected chi connectivity index (χ4v) is 7.11. The van der Waals surface area contributed by atoms with Gasteiger partial charge in [0.25, 0.3) is 0 Å². The number of nitrogens with two attached hydrogens (primary N) is 2. The van der Waals surface area contributed by atoms with Gasteiger partial charge in [0, 0.05) is 36.7 Å². The van der Waals surface area contributed by atoms with Crippen molar-refractivity contribution in [1.82, 2.24) is 19.6 Å². The third-order valence-electron chi connectivity index (χ3n) is 8.54. The van der Waals surface area contributed by atoms with Crippen LogP contribution >= 0.6 is 0 Å². The number of hydrogen-bond acceptors (Lipinski definition) is 13. The molecule has 6 rings (SSSR count). The molecule has 3 aliphatic rings. The second-order valence-corrected chi connectivity index (χ2v) is 14.4. The van der Waals surface area contributed by atoms with E-state index in [0.29, 0.717) is 35.0 Å². The van der Waals surface area contributed by atoms with Crippen LogP contribution in [0.4, 0.5) is 5.82 Å². The number of carboxylic acid groups (broad SMARTS) is 1. The quantitative estimate of drug-likeness (QED) is 0.204. The van der Waals surface area contributed by atoms with Crippen LogP contribution < -0.4 is 21.7 Å². The Morgan fingerprint density at radius 1 is 1.06 bits per heavy atom. The average molecular weight is 725 g/mol. The minimum Gasteiger partial charge on any atom is -0.491 e. The number of nitrogens with zero attached hydrogens (tertiary/aromatic N) is 3. The molecule has 1 fully saturated rings. The Bertz CT molecular complexity index is 1850. The van der Waals surface area contributed by atoms with Crippen LogP contribution in [0.25, 0.3) is 22.6 Å². The van der Waals surface area contributed by atoms with E-state index in [1.54, 1.807) is 18.2 Å². The van der Waals surface area contributed by atoms with Crippen molar-refractivity contribution in [1.29, 1.82) is 0 Å². The number of carboxylic acids is 1. The van der Waals surface area contributed by atoms with Crippen molar-refractivity contribution >= 4 is 33.1 Å². The van der Waals surface area contributed by atoms with Crippen LogP contribution in [0, 0.1) is 5.92 Å². The van der Waals surface area contributed by atoms with Crippen LogP contribution in [-0.2, 0) is 40.4 Å². The molecule has 6 bridgehead atoms. The second-order valence-electron chi connectivity index (χ2n) is 12.5. The van der Waals surface area contributed by atoms with Crippen molar-refractivity contribution in [2.75, 3.05) is 65.1 Å². The summed E-state index contributed by atoms with van der Waals surface area (Å²) in [5.74, 6) is 5.65. The number of nitrogens with one attached hydrogen (secondary N) is 1. The molecule has 0 unspecified atom stereocenters. The molecule has 51 heavy (non-hydrogen) atoms. The van der Waals surface area contributed by atoms with E-state index in [9.17, 15) is 18.3 Å². The number of ether oxygens (including phenoxy) is 4. The lowest BCUT2D eigenvalue weighted by Crippen LogP contribution is -2.54. The van der Waals surface area contributed by atoms with Crippen LogP contribution in [0.3, 0.4) is 0 Å². The van der Waals surface area contributed by atoms with Crippen LogP contribution in [0.5, 0.6) is 5.75 Å². The van der Waals surface area contributed by atoms with E-state index in [2.05, 4.69) is 21.9 Å². The largest absolute Gasteiger partial charge is 0.491 e. The number of nitrogen functional groups attached to an aromatic ring is 1. The minimum absolute atomic E-state index is 0.0416. The number of aromatic nitrogens is 2. The zero-order chi connectivity index (χ0) is 36.6. The van der Waals surface area contributed by atoms with Crippen LogP contribution in [-0.4, -0.2) is 98.6 Å². The Balaban J connectivity index is 1.48. The lowest BCUT2D eigenvalue weighted by atomic mass is 10.0. The highest BCUT2D eigenvalue weighted by Crippen LogP contribution is 2.31. The summed E-state index contributed by atoms with van der Waals surface area (Å²) in [5, 5.41) is 13.4. The zero-order valence-electron chi connectivity index (χ0n) is 28.7. The highest BCUT2D eigenvalue weighted by atomic mass is 32.2. The molecule has 0 radical (unpaired) electrons. The highest BCUT2D eigenvalue weighted by Gasteiger charge is 2.42. The van der Waals surface area contributed by atoms with Gasteiger partial charge in [-0.3, -0.25) is 4.79 Å². The van der Waals surface area contributed by atoms with Gasteiger partial charge in [-0.15, -0.1) is 0 Å². The first-order chi connectivity index (χ1) is 24.4. The normalized spacial score (nSPS) is 19.2. The maximum Gasteiger partial charge on any atom is 0.324 e. The molecule has 1 saturated heterocycles. The molecule has 0 saturated carbocycles. The van der Waals surface area contributed by atoms with Crippen molar-refractivity contribution in [2.45, 2.75) is 30.8 Å². The van der Waals surface area contributed by atoms with E-state index in [0.717, 1.165) is 35.2 Å². The topological polar surface area (TPSA) is 211 Å². The number of carbonyl (C=O) groups is 1.